The van der Waals surface area contributed by atoms with Crippen LogP contribution in [0.2, 0.25) is 0 Å². The molecular weight excluding hydrogens is 208 g/mol. The van der Waals surface area contributed by atoms with E-state index in [0.29, 0.717) is 9.33 Å². The molecule has 1 rings (SSSR count). The highest BCUT2D eigenvalue weighted by atomic mass is 32.2. The van der Waals surface area contributed by atoms with Crippen molar-refractivity contribution in [1.82, 2.24) is 0 Å². The van der Waals surface area contributed by atoms with Gasteiger partial charge in [-0.05, 0) is 47.0 Å². The topological polar surface area (TPSA) is 0 Å². The molecule has 1 unspecified atom stereocenters. The Morgan fingerprint density at radius 3 is 2.29 bits per heavy atom. The van der Waals surface area contributed by atoms with Gasteiger partial charge in [0.25, 0.3) is 0 Å². The molecule has 14 heavy (non-hydrogen) atoms. The van der Waals surface area contributed by atoms with Crippen LogP contribution in [0, 0.1) is 0 Å². The number of allylic oxidation sites excluding steroid dienone is 1. The summed E-state index contributed by atoms with van der Waals surface area (Å²) in [6, 6.07) is 0. The molecule has 1 aliphatic heterocycles. The van der Waals surface area contributed by atoms with Crippen LogP contribution < -0.4 is 0 Å². The molecule has 0 saturated carbocycles. The second-order valence-corrected chi connectivity index (χ2v) is 7.59. The second kappa shape index (κ2) is 4.36. The Labute approximate surface area is 96.6 Å². The largest absolute Gasteiger partial charge is 0.132 e. The van der Waals surface area contributed by atoms with Gasteiger partial charge in [-0.15, -0.1) is 23.5 Å². The summed E-state index contributed by atoms with van der Waals surface area (Å²) in [5.74, 6) is 0. The van der Waals surface area contributed by atoms with Crippen molar-refractivity contribution in [3.63, 3.8) is 0 Å². The van der Waals surface area contributed by atoms with Crippen molar-refractivity contribution in [2.45, 2.75) is 50.9 Å². The third kappa shape index (κ3) is 2.60. The van der Waals surface area contributed by atoms with E-state index < -0.39 is 0 Å². The predicted molar refractivity (Wildman–Crippen MR) is 70.9 cm³/mol. The van der Waals surface area contributed by atoms with Crippen LogP contribution in [0.4, 0.5) is 0 Å². The first kappa shape index (κ1) is 12.3. The quantitative estimate of drug-likeness (QED) is 0.589. The summed E-state index contributed by atoms with van der Waals surface area (Å²) in [5.41, 5.74) is 4.47. The lowest BCUT2D eigenvalue weighted by Crippen LogP contribution is -2.23. The van der Waals surface area contributed by atoms with E-state index >= 15 is 0 Å². The number of rotatable bonds is 1. The van der Waals surface area contributed by atoms with E-state index in [2.05, 4.69) is 58.7 Å². The summed E-state index contributed by atoms with van der Waals surface area (Å²) in [5, 5.41) is 2.33. The Hall–Kier alpha value is 0.180. The van der Waals surface area contributed by atoms with Gasteiger partial charge in [0.1, 0.15) is 0 Å². The van der Waals surface area contributed by atoms with E-state index in [9.17, 15) is 0 Å². The molecule has 0 spiro atoms. The van der Waals surface area contributed by atoms with Crippen molar-refractivity contribution in [3.05, 3.63) is 22.1 Å². The van der Waals surface area contributed by atoms with Crippen molar-refractivity contribution in [2.75, 3.05) is 0 Å². The fourth-order valence-electron chi connectivity index (χ4n) is 1.12. The molecule has 1 aliphatic rings. The van der Waals surface area contributed by atoms with Crippen LogP contribution in [0.1, 0.15) is 41.5 Å². The summed E-state index contributed by atoms with van der Waals surface area (Å²) >= 11 is 4.02. The minimum absolute atomic E-state index is 0.298. The van der Waals surface area contributed by atoms with Crippen LogP contribution in [-0.4, -0.2) is 9.33 Å². The zero-order chi connectivity index (χ0) is 10.9. The molecular formula is C12H20S2. The van der Waals surface area contributed by atoms with E-state index in [1.54, 1.807) is 0 Å². The van der Waals surface area contributed by atoms with Crippen molar-refractivity contribution < 1.29 is 0 Å². The minimum atomic E-state index is 0.298. The summed E-state index contributed by atoms with van der Waals surface area (Å²) in [6.45, 7) is 13.5. The zero-order valence-electron chi connectivity index (χ0n) is 9.97. The van der Waals surface area contributed by atoms with Gasteiger partial charge in [0.05, 0.1) is 4.58 Å². The van der Waals surface area contributed by atoms with Crippen LogP contribution in [0.15, 0.2) is 22.1 Å². The molecule has 0 radical (unpaired) electrons. The van der Waals surface area contributed by atoms with E-state index in [0.717, 1.165) is 0 Å². The van der Waals surface area contributed by atoms with Gasteiger partial charge >= 0.3 is 0 Å². The van der Waals surface area contributed by atoms with Crippen LogP contribution in [-0.2, 0) is 0 Å². The van der Waals surface area contributed by atoms with Gasteiger partial charge in [-0.25, -0.2) is 0 Å². The lowest BCUT2D eigenvalue weighted by atomic mass is 10.1. The normalized spacial score (nSPS) is 25.6. The molecule has 0 fully saturated rings. The van der Waals surface area contributed by atoms with E-state index in [4.69, 9.17) is 0 Å². The molecule has 0 saturated heterocycles. The van der Waals surface area contributed by atoms with E-state index in [1.807, 2.05) is 11.8 Å². The van der Waals surface area contributed by atoms with Gasteiger partial charge in [0.15, 0.2) is 0 Å². The van der Waals surface area contributed by atoms with Crippen molar-refractivity contribution >= 4 is 23.5 Å². The van der Waals surface area contributed by atoms with Crippen LogP contribution in [0.25, 0.3) is 0 Å². The lowest BCUT2D eigenvalue weighted by molar-refractivity contribution is 0.831. The maximum absolute atomic E-state index is 2.33. The molecule has 0 N–H and O–H groups in total. The average molecular weight is 228 g/mol. The smallest absolute Gasteiger partial charge is 0.0760 e. The first-order chi connectivity index (χ1) is 6.34. The van der Waals surface area contributed by atoms with Crippen molar-refractivity contribution in [2.24, 2.45) is 0 Å². The van der Waals surface area contributed by atoms with Gasteiger partial charge in [-0.1, -0.05) is 16.7 Å². The molecule has 0 bridgehead atoms. The fraction of sp³-hybridized carbons (Fsp3) is 0.667. The Balaban J connectivity index is 2.87. The minimum Gasteiger partial charge on any atom is -0.132 e. The molecule has 0 amide bonds. The zero-order valence-corrected chi connectivity index (χ0v) is 11.6. The summed E-state index contributed by atoms with van der Waals surface area (Å²) in [6.07, 6.45) is 0. The number of hydrogen-bond acceptors (Lipinski definition) is 2. The highest BCUT2D eigenvalue weighted by Crippen LogP contribution is 2.48. The molecule has 0 nitrogen and oxygen atoms in total. The summed E-state index contributed by atoms with van der Waals surface area (Å²) in [7, 11) is 0. The van der Waals surface area contributed by atoms with Crippen molar-refractivity contribution in [1.29, 1.82) is 0 Å². The van der Waals surface area contributed by atoms with Gasteiger partial charge in [0.2, 0.25) is 0 Å². The van der Waals surface area contributed by atoms with E-state index in [1.165, 1.54) is 16.7 Å². The fourth-order valence-corrected chi connectivity index (χ4v) is 4.56. The predicted octanol–water partition coefficient (Wildman–Crippen LogP) is 4.83. The maximum atomic E-state index is 2.33. The van der Waals surface area contributed by atoms with E-state index in [-0.39, 0.29) is 0 Å². The van der Waals surface area contributed by atoms with Gasteiger partial charge in [-0.2, -0.15) is 0 Å². The summed E-state index contributed by atoms with van der Waals surface area (Å²) < 4.78 is 0.908. The standard InChI is InChI=1S/C12H20S2/c1-8(2)10(4)11-13-7-9(3)12(5,6)14-11/h7,11H,1-6H3. The van der Waals surface area contributed by atoms with Gasteiger partial charge < -0.3 is 0 Å². The molecule has 0 aromatic carbocycles. The van der Waals surface area contributed by atoms with Gasteiger partial charge in [0, 0.05) is 4.75 Å². The highest BCUT2D eigenvalue weighted by molar-refractivity contribution is 8.19. The molecule has 80 valence electrons. The third-order valence-electron chi connectivity index (χ3n) is 2.86. The van der Waals surface area contributed by atoms with Crippen LogP contribution in [0.5, 0.6) is 0 Å². The Morgan fingerprint density at radius 1 is 1.29 bits per heavy atom. The Bertz CT molecular complexity index is 281. The van der Waals surface area contributed by atoms with Gasteiger partial charge in [-0.3, -0.25) is 0 Å². The molecule has 0 aliphatic carbocycles. The lowest BCUT2D eigenvalue weighted by Gasteiger charge is -2.34. The first-order valence-electron chi connectivity index (χ1n) is 4.99. The maximum Gasteiger partial charge on any atom is 0.0760 e. The second-order valence-electron chi connectivity index (χ2n) is 4.58. The highest BCUT2D eigenvalue weighted by Gasteiger charge is 2.30. The molecule has 2 heteroatoms. The molecule has 1 heterocycles. The number of hydrogen-bond donors (Lipinski definition) is 0. The SMILES string of the molecule is CC1=CSC(C(C)=C(C)C)SC1(C)C. The van der Waals surface area contributed by atoms with Crippen LogP contribution in [0.3, 0.4) is 0 Å². The Kier molecular flexibility index (Phi) is 3.81. The number of thioether (sulfide) groups is 2. The van der Waals surface area contributed by atoms with Crippen molar-refractivity contribution in [3.8, 4) is 0 Å². The third-order valence-corrected chi connectivity index (χ3v) is 6.05. The Morgan fingerprint density at radius 2 is 1.86 bits per heavy atom. The first-order valence-corrected chi connectivity index (χ1v) is 6.81. The molecule has 0 aromatic rings. The molecule has 0 aromatic heterocycles. The summed E-state index contributed by atoms with van der Waals surface area (Å²) in [4.78, 5) is 0. The van der Waals surface area contributed by atoms with Crippen LogP contribution >= 0.6 is 23.5 Å². The monoisotopic (exact) mass is 228 g/mol. The molecule has 1 atom stereocenters. The average Bonchev–Trinajstić information content (AvgIpc) is 2.08.